The van der Waals surface area contributed by atoms with Crippen molar-refractivity contribution in [3.05, 3.63) is 10.1 Å². The van der Waals surface area contributed by atoms with Gasteiger partial charge in [-0.1, -0.05) is 5.16 Å². The largest absolute Gasteiger partial charge is 0.411 e. The first-order chi connectivity index (χ1) is 5.74. The number of fused-ring (bicyclic) bond motifs is 2. The van der Waals surface area contributed by atoms with Crippen molar-refractivity contribution in [1.82, 2.24) is 0 Å². The van der Waals surface area contributed by atoms with Crippen LogP contribution in [-0.4, -0.2) is 21.9 Å². The summed E-state index contributed by atoms with van der Waals surface area (Å²) in [5, 5.41) is 22.2. The van der Waals surface area contributed by atoms with Gasteiger partial charge in [-0.25, -0.2) is 0 Å². The molecule has 3 unspecified atom stereocenters. The molecule has 0 saturated heterocycles. The lowest BCUT2D eigenvalue weighted by Crippen LogP contribution is -2.35. The fourth-order valence-corrected chi connectivity index (χ4v) is 2.48. The fraction of sp³-hybridized carbons (Fsp3) is 0.857. The van der Waals surface area contributed by atoms with Crippen LogP contribution in [0.4, 0.5) is 0 Å². The normalized spacial score (nSPS) is 42.3. The molecule has 0 heterocycles. The highest BCUT2D eigenvalue weighted by atomic mass is 16.6. The highest BCUT2D eigenvalue weighted by Crippen LogP contribution is 2.43. The Kier molecular flexibility index (Phi) is 1.52. The minimum absolute atomic E-state index is 0.121. The molecule has 0 aromatic heterocycles. The van der Waals surface area contributed by atoms with Gasteiger partial charge < -0.3 is 5.21 Å². The minimum atomic E-state index is -0.700. The summed E-state index contributed by atoms with van der Waals surface area (Å²) in [5.74, 6) is 0.297. The monoisotopic (exact) mass is 170 g/mol. The van der Waals surface area contributed by atoms with E-state index < -0.39 is 6.04 Å². The van der Waals surface area contributed by atoms with Gasteiger partial charge in [-0.05, 0) is 19.3 Å². The lowest BCUT2D eigenvalue weighted by atomic mass is 9.94. The Labute approximate surface area is 69.2 Å². The van der Waals surface area contributed by atoms with E-state index in [1.165, 1.54) is 0 Å². The topological polar surface area (TPSA) is 75.7 Å². The summed E-state index contributed by atoms with van der Waals surface area (Å²) >= 11 is 0. The smallest absolute Gasteiger partial charge is 0.257 e. The van der Waals surface area contributed by atoms with Gasteiger partial charge in [0.2, 0.25) is 0 Å². The van der Waals surface area contributed by atoms with Crippen molar-refractivity contribution >= 4 is 5.71 Å². The highest BCUT2D eigenvalue weighted by Gasteiger charge is 2.52. The Morgan fingerprint density at radius 1 is 1.58 bits per heavy atom. The molecule has 2 aliphatic carbocycles. The number of nitrogens with zero attached hydrogens (tertiary/aromatic N) is 2. The molecule has 2 saturated carbocycles. The zero-order valence-electron chi connectivity index (χ0n) is 6.51. The number of hydrogen-bond acceptors (Lipinski definition) is 4. The highest BCUT2D eigenvalue weighted by molar-refractivity contribution is 5.93. The molecule has 5 nitrogen and oxygen atoms in total. The third kappa shape index (κ3) is 0.821. The molecule has 0 aromatic rings. The van der Waals surface area contributed by atoms with Gasteiger partial charge in [0.05, 0.1) is 0 Å². The Hall–Kier alpha value is -1.13. The maximum atomic E-state index is 10.6. The van der Waals surface area contributed by atoms with Crippen molar-refractivity contribution in [3.63, 3.8) is 0 Å². The van der Waals surface area contributed by atoms with Gasteiger partial charge in [-0.2, -0.15) is 0 Å². The predicted molar refractivity (Wildman–Crippen MR) is 40.8 cm³/mol. The van der Waals surface area contributed by atoms with E-state index in [2.05, 4.69) is 5.16 Å². The van der Waals surface area contributed by atoms with E-state index in [9.17, 15) is 10.1 Å². The molecule has 2 aliphatic rings. The van der Waals surface area contributed by atoms with Gasteiger partial charge in [-0.3, -0.25) is 10.1 Å². The van der Waals surface area contributed by atoms with Crippen LogP contribution in [0.5, 0.6) is 0 Å². The first-order valence-corrected chi connectivity index (χ1v) is 4.09. The van der Waals surface area contributed by atoms with Crippen LogP contribution >= 0.6 is 0 Å². The van der Waals surface area contributed by atoms with Crippen LogP contribution in [-0.2, 0) is 0 Å². The van der Waals surface area contributed by atoms with Gasteiger partial charge in [0.25, 0.3) is 6.04 Å². The Balaban J connectivity index is 2.28. The second kappa shape index (κ2) is 2.43. The third-order valence-corrected chi connectivity index (χ3v) is 2.98. The van der Waals surface area contributed by atoms with E-state index in [1.54, 1.807) is 0 Å². The van der Waals surface area contributed by atoms with Crippen molar-refractivity contribution in [2.45, 2.75) is 25.3 Å². The van der Waals surface area contributed by atoms with Crippen molar-refractivity contribution in [3.8, 4) is 0 Å². The van der Waals surface area contributed by atoms with Crippen LogP contribution in [0.1, 0.15) is 19.3 Å². The number of rotatable bonds is 1. The van der Waals surface area contributed by atoms with E-state index in [0.717, 1.165) is 19.3 Å². The molecule has 3 atom stereocenters. The molecule has 2 rings (SSSR count). The summed E-state index contributed by atoms with van der Waals surface area (Å²) < 4.78 is 0. The molecule has 0 aliphatic heterocycles. The predicted octanol–water partition coefficient (Wildman–Crippen LogP) is 0.892. The molecular formula is C7H10N2O3. The first kappa shape index (κ1) is 7.52. The summed E-state index contributed by atoms with van der Waals surface area (Å²) in [4.78, 5) is 10.3. The molecule has 2 fully saturated rings. The summed E-state index contributed by atoms with van der Waals surface area (Å²) in [6.07, 6.45) is 2.70. The van der Waals surface area contributed by atoms with Crippen molar-refractivity contribution in [2.75, 3.05) is 0 Å². The van der Waals surface area contributed by atoms with Crippen LogP contribution < -0.4 is 0 Å². The molecule has 0 aromatic carbocycles. The Bertz CT molecular complexity index is 251. The maximum Gasteiger partial charge on any atom is 0.257 e. The number of nitro groups is 1. The maximum absolute atomic E-state index is 10.6. The van der Waals surface area contributed by atoms with Crippen LogP contribution in [0.15, 0.2) is 5.16 Å². The minimum Gasteiger partial charge on any atom is -0.411 e. The molecule has 5 heteroatoms. The zero-order valence-corrected chi connectivity index (χ0v) is 6.51. The van der Waals surface area contributed by atoms with Crippen molar-refractivity contribution in [1.29, 1.82) is 0 Å². The fourth-order valence-electron chi connectivity index (χ4n) is 2.48. The molecule has 0 radical (unpaired) electrons. The first-order valence-electron chi connectivity index (χ1n) is 4.09. The van der Waals surface area contributed by atoms with Crippen molar-refractivity contribution < 1.29 is 10.1 Å². The Morgan fingerprint density at radius 3 is 2.83 bits per heavy atom. The van der Waals surface area contributed by atoms with Crippen molar-refractivity contribution in [2.24, 2.45) is 17.0 Å². The lowest BCUT2D eigenvalue weighted by molar-refractivity contribution is -0.510. The van der Waals surface area contributed by atoms with Crippen LogP contribution in [0.2, 0.25) is 0 Å². The zero-order chi connectivity index (χ0) is 8.72. The van der Waals surface area contributed by atoms with Gasteiger partial charge in [0.1, 0.15) is 5.71 Å². The van der Waals surface area contributed by atoms with E-state index in [1.807, 2.05) is 0 Å². The SMILES string of the molecule is O=[N+]([O-])C1/C(=N\O)C2CCC1C2. The molecule has 0 amide bonds. The van der Waals surface area contributed by atoms with E-state index >= 15 is 0 Å². The average molecular weight is 170 g/mol. The third-order valence-electron chi connectivity index (χ3n) is 2.98. The van der Waals surface area contributed by atoms with Gasteiger partial charge in [-0.15, -0.1) is 0 Å². The molecular weight excluding hydrogens is 160 g/mol. The van der Waals surface area contributed by atoms with E-state index in [-0.39, 0.29) is 16.8 Å². The Morgan fingerprint density at radius 2 is 2.33 bits per heavy atom. The molecule has 12 heavy (non-hydrogen) atoms. The number of oxime groups is 1. The van der Waals surface area contributed by atoms with Gasteiger partial charge >= 0.3 is 0 Å². The van der Waals surface area contributed by atoms with Crippen LogP contribution in [0.3, 0.4) is 0 Å². The summed E-state index contributed by atoms with van der Waals surface area (Å²) in [6.45, 7) is 0. The number of hydrogen-bond donors (Lipinski definition) is 1. The summed E-state index contributed by atoms with van der Waals surface area (Å²) in [5.41, 5.74) is 0.399. The lowest BCUT2D eigenvalue weighted by Gasteiger charge is -2.14. The average Bonchev–Trinajstić information content (AvgIpc) is 2.60. The van der Waals surface area contributed by atoms with E-state index in [4.69, 9.17) is 5.21 Å². The molecule has 1 N–H and O–H groups in total. The summed E-state index contributed by atoms with van der Waals surface area (Å²) in [6, 6.07) is -0.700. The molecule has 66 valence electrons. The quantitative estimate of drug-likeness (QED) is 0.360. The standard InChI is InChI=1S/C7H10N2O3/c10-8-6-4-1-2-5(3-4)7(6)9(11)12/h4-5,7,10H,1-3H2/b8-6-. The summed E-state index contributed by atoms with van der Waals surface area (Å²) in [7, 11) is 0. The second-order valence-corrected chi connectivity index (χ2v) is 3.53. The van der Waals surface area contributed by atoms with Crippen LogP contribution in [0, 0.1) is 22.0 Å². The second-order valence-electron chi connectivity index (χ2n) is 3.53. The van der Waals surface area contributed by atoms with Gasteiger partial charge in [0, 0.05) is 16.8 Å². The van der Waals surface area contributed by atoms with Crippen LogP contribution in [0.25, 0.3) is 0 Å². The molecule has 2 bridgehead atoms. The molecule has 0 spiro atoms. The van der Waals surface area contributed by atoms with E-state index in [0.29, 0.717) is 5.71 Å². The van der Waals surface area contributed by atoms with Gasteiger partial charge in [0.15, 0.2) is 0 Å².